The largest absolute Gasteiger partial charge is 0.383 e. The highest BCUT2D eigenvalue weighted by Gasteiger charge is 2.32. The van der Waals surface area contributed by atoms with Crippen LogP contribution in [0.15, 0.2) is 0 Å². The summed E-state index contributed by atoms with van der Waals surface area (Å²) in [5.41, 5.74) is 5.48. The molecule has 0 fully saturated rings. The monoisotopic (exact) mass is 375 g/mol. The fourth-order valence-corrected chi connectivity index (χ4v) is 3.71. The number of nitrogens with one attached hydrogen (secondary N) is 1. The van der Waals surface area contributed by atoms with Crippen LogP contribution >= 0.6 is 0 Å². The number of ether oxygens (including phenoxy) is 2. The Balaban J connectivity index is 1.88. The Morgan fingerprint density at radius 3 is 2.70 bits per heavy atom. The molecule has 0 aliphatic carbocycles. The lowest BCUT2D eigenvalue weighted by Gasteiger charge is -2.24. The first-order chi connectivity index (χ1) is 12.8. The van der Waals surface area contributed by atoms with Gasteiger partial charge < -0.3 is 14.8 Å². The Hall–Kier alpha value is -2.19. The highest BCUT2D eigenvalue weighted by Crippen LogP contribution is 2.31. The third kappa shape index (κ3) is 3.77. The molecule has 3 rings (SSSR count). The van der Waals surface area contributed by atoms with E-state index in [4.69, 9.17) is 9.47 Å². The summed E-state index contributed by atoms with van der Waals surface area (Å²) in [5, 5.41) is 12.1. The van der Waals surface area contributed by atoms with Crippen LogP contribution in [0.3, 0.4) is 0 Å². The minimum Gasteiger partial charge on any atom is -0.383 e. The average Bonchev–Trinajstić information content (AvgIpc) is 3.08. The summed E-state index contributed by atoms with van der Waals surface area (Å²) >= 11 is 0. The van der Waals surface area contributed by atoms with Gasteiger partial charge in [-0.3, -0.25) is 14.2 Å². The molecule has 1 N–H and O–H groups in total. The van der Waals surface area contributed by atoms with Gasteiger partial charge in [-0.05, 0) is 27.7 Å². The van der Waals surface area contributed by atoms with Gasteiger partial charge in [-0.15, -0.1) is 0 Å². The summed E-state index contributed by atoms with van der Waals surface area (Å²) in [4.78, 5) is 13.1. The summed E-state index contributed by atoms with van der Waals surface area (Å²) in [6, 6.07) is 0. The zero-order valence-corrected chi connectivity index (χ0v) is 17.0. The van der Waals surface area contributed by atoms with E-state index in [1.807, 2.05) is 39.4 Å². The highest BCUT2D eigenvalue weighted by molar-refractivity contribution is 5.94. The molecule has 1 aliphatic rings. The van der Waals surface area contributed by atoms with Crippen LogP contribution in [0, 0.1) is 13.8 Å². The second-order valence-electron chi connectivity index (χ2n) is 7.18. The van der Waals surface area contributed by atoms with Gasteiger partial charge in [0.1, 0.15) is 5.69 Å². The third-order valence-corrected chi connectivity index (χ3v) is 5.20. The van der Waals surface area contributed by atoms with E-state index in [-0.39, 0.29) is 18.1 Å². The molecule has 0 unspecified atom stereocenters. The lowest BCUT2D eigenvalue weighted by atomic mass is 9.99. The van der Waals surface area contributed by atoms with Crippen molar-refractivity contribution in [3.63, 3.8) is 0 Å². The van der Waals surface area contributed by atoms with Gasteiger partial charge in [-0.25, -0.2) is 0 Å². The van der Waals surface area contributed by atoms with Crippen molar-refractivity contribution in [1.82, 2.24) is 24.9 Å². The molecule has 0 bridgehead atoms. The molecule has 0 spiro atoms. The zero-order valence-electron chi connectivity index (χ0n) is 17.0. The topological polar surface area (TPSA) is 83.2 Å². The number of rotatable bonds is 6. The van der Waals surface area contributed by atoms with E-state index in [2.05, 4.69) is 15.5 Å². The zero-order chi connectivity index (χ0) is 19.7. The molecule has 0 saturated carbocycles. The first-order valence-electron chi connectivity index (χ1n) is 9.34. The number of amides is 1. The standard InChI is InChI=1S/C19H29N5O3/c1-11-9-15-17(14(4)27-11)22-24(7-8-26-6)18(15)19(25)20-10-16-12(2)21-23(5)13(16)3/h11,14H,7-10H2,1-6H3,(H,20,25)/t11-,14+/m0/s1. The molecule has 0 saturated heterocycles. The quantitative estimate of drug-likeness (QED) is 0.833. The Kier molecular flexibility index (Phi) is 5.67. The second-order valence-corrected chi connectivity index (χ2v) is 7.18. The lowest BCUT2D eigenvalue weighted by Crippen LogP contribution is -2.29. The van der Waals surface area contributed by atoms with E-state index in [1.54, 1.807) is 11.8 Å². The van der Waals surface area contributed by atoms with E-state index in [0.717, 1.165) is 28.2 Å². The number of nitrogens with zero attached hydrogens (tertiary/aromatic N) is 4. The molecule has 3 heterocycles. The summed E-state index contributed by atoms with van der Waals surface area (Å²) < 4.78 is 14.7. The number of hydrogen-bond donors (Lipinski definition) is 1. The van der Waals surface area contributed by atoms with Gasteiger partial charge in [0.05, 0.1) is 36.7 Å². The fraction of sp³-hybridized carbons (Fsp3) is 0.632. The molecular formula is C19H29N5O3. The van der Waals surface area contributed by atoms with Crippen molar-refractivity contribution in [2.24, 2.45) is 7.05 Å². The number of carbonyl (C=O) groups excluding carboxylic acids is 1. The van der Waals surface area contributed by atoms with Gasteiger partial charge in [0.25, 0.3) is 5.91 Å². The SMILES string of the molecule is COCCn1nc2c(c1C(=O)NCc1c(C)nn(C)c1C)C[C@H](C)O[C@@H]2C. The average molecular weight is 375 g/mol. The number of hydrogen-bond acceptors (Lipinski definition) is 5. The van der Waals surface area contributed by atoms with E-state index in [1.165, 1.54) is 0 Å². The van der Waals surface area contributed by atoms with Crippen LogP contribution in [0.5, 0.6) is 0 Å². The maximum atomic E-state index is 13.1. The van der Waals surface area contributed by atoms with Crippen LogP contribution in [0.4, 0.5) is 0 Å². The van der Waals surface area contributed by atoms with Crippen molar-refractivity contribution in [3.05, 3.63) is 33.9 Å². The molecule has 1 amide bonds. The van der Waals surface area contributed by atoms with Gasteiger partial charge in [-0.2, -0.15) is 10.2 Å². The van der Waals surface area contributed by atoms with E-state index in [9.17, 15) is 4.79 Å². The Labute approximate surface area is 159 Å². The van der Waals surface area contributed by atoms with Crippen molar-refractivity contribution in [1.29, 1.82) is 0 Å². The van der Waals surface area contributed by atoms with E-state index in [0.29, 0.717) is 31.8 Å². The molecule has 148 valence electrons. The number of methoxy groups -OCH3 is 1. The predicted molar refractivity (Wildman–Crippen MR) is 101 cm³/mol. The van der Waals surface area contributed by atoms with Crippen molar-refractivity contribution in [2.45, 2.75) is 59.4 Å². The molecule has 8 heteroatoms. The van der Waals surface area contributed by atoms with Crippen LogP contribution in [0.2, 0.25) is 0 Å². The van der Waals surface area contributed by atoms with Crippen LogP contribution in [-0.2, 0) is 36.0 Å². The van der Waals surface area contributed by atoms with Crippen molar-refractivity contribution in [3.8, 4) is 0 Å². The number of aromatic nitrogens is 4. The summed E-state index contributed by atoms with van der Waals surface area (Å²) in [6.45, 7) is 9.43. The molecule has 0 radical (unpaired) electrons. The summed E-state index contributed by atoms with van der Waals surface area (Å²) in [7, 11) is 3.55. The Morgan fingerprint density at radius 2 is 2.07 bits per heavy atom. The fourth-order valence-electron chi connectivity index (χ4n) is 3.71. The Bertz CT molecular complexity index is 839. The summed E-state index contributed by atoms with van der Waals surface area (Å²) in [5.74, 6) is -0.121. The molecule has 2 aromatic rings. The molecule has 2 aromatic heterocycles. The van der Waals surface area contributed by atoms with Gasteiger partial charge in [0.15, 0.2) is 0 Å². The van der Waals surface area contributed by atoms with Gasteiger partial charge in [-0.1, -0.05) is 0 Å². The van der Waals surface area contributed by atoms with Crippen LogP contribution in [0.25, 0.3) is 0 Å². The smallest absolute Gasteiger partial charge is 0.270 e. The number of carbonyl (C=O) groups is 1. The summed E-state index contributed by atoms with van der Waals surface area (Å²) in [6.07, 6.45) is 0.615. The first-order valence-corrected chi connectivity index (χ1v) is 9.34. The maximum Gasteiger partial charge on any atom is 0.270 e. The van der Waals surface area contributed by atoms with Crippen molar-refractivity contribution in [2.75, 3.05) is 13.7 Å². The van der Waals surface area contributed by atoms with Crippen molar-refractivity contribution >= 4 is 5.91 Å². The third-order valence-electron chi connectivity index (χ3n) is 5.20. The minimum atomic E-state index is -0.123. The molecule has 0 aromatic carbocycles. The van der Waals surface area contributed by atoms with Gasteiger partial charge in [0.2, 0.25) is 0 Å². The van der Waals surface area contributed by atoms with Gasteiger partial charge in [0, 0.05) is 43.9 Å². The lowest BCUT2D eigenvalue weighted by molar-refractivity contribution is -0.00716. The predicted octanol–water partition coefficient (Wildman–Crippen LogP) is 1.83. The highest BCUT2D eigenvalue weighted by atomic mass is 16.5. The van der Waals surface area contributed by atoms with E-state index < -0.39 is 0 Å². The normalized spacial score (nSPS) is 19.2. The second kappa shape index (κ2) is 7.82. The number of aryl methyl sites for hydroxylation is 2. The maximum absolute atomic E-state index is 13.1. The first kappa shape index (κ1) is 19.6. The van der Waals surface area contributed by atoms with Crippen LogP contribution in [-0.4, -0.2) is 45.3 Å². The molecular weight excluding hydrogens is 346 g/mol. The molecule has 27 heavy (non-hydrogen) atoms. The number of fused-ring (bicyclic) bond motifs is 1. The Morgan fingerprint density at radius 1 is 1.33 bits per heavy atom. The molecule has 1 aliphatic heterocycles. The van der Waals surface area contributed by atoms with Crippen LogP contribution in [0.1, 0.15) is 58.6 Å². The molecule has 8 nitrogen and oxygen atoms in total. The van der Waals surface area contributed by atoms with Gasteiger partial charge >= 0.3 is 0 Å². The van der Waals surface area contributed by atoms with Crippen LogP contribution < -0.4 is 5.32 Å². The van der Waals surface area contributed by atoms with Crippen molar-refractivity contribution < 1.29 is 14.3 Å². The molecule has 2 atom stereocenters. The van der Waals surface area contributed by atoms with E-state index >= 15 is 0 Å². The minimum absolute atomic E-state index is 0.0573.